The number of hydrogen-bond donors (Lipinski definition) is 1. The predicted octanol–water partition coefficient (Wildman–Crippen LogP) is 6.73. The van der Waals surface area contributed by atoms with E-state index in [0.29, 0.717) is 22.7 Å². The molecule has 0 saturated heterocycles. The molecule has 1 N–H and O–H groups in total. The second-order valence-electron chi connectivity index (χ2n) is 9.41. The van der Waals surface area contributed by atoms with Gasteiger partial charge in [0, 0.05) is 22.7 Å². The van der Waals surface area contributed by atoms with E-state index in [1.165, 1.54) is 10.6 Å². The number of carboxylic acids is 1. The van der Waals surface area contributed by atoms with Crippen LogP contribution in [0.15, 0.2) is 66.7 Å². The van der Waals surface area contributed by atoms with Crippen LogP contribution in [-0.4, -0.2) is 64.7 Å². The number of carbonyl (C=O) groups is 1. The Kier molecular flexibility index (Phi) is 8.84. The molecule has 4 aromatic rings. The summed E-state index contributed by atoms with van der Waals surface area (Å²) in [5.41, 5.74) is 2.15. The summed E-state index contributed by atoms with van der Waals surface area (Å²) in [5.74, 6) is -1.63. The molecule has 0 bridgehead atoms. The lowest BCUT2D eigenvalue weighted by Gasteiger charge is -2.21. The third-order valence-corrected chi connectivity index (χ3v) is 6.72. The first-order valence-corrected chi connectivity index (χ1v) is 12.9. The fraction of sp³-hybridized carbons (Fsp3) is 0.241. The van der Waals surface area contributed by atoms with Gasteiger partial charge in [0.15, 0.2) is 11.5 Å². The molecule has 1 aromatic heterocycles. The average Bonchev–Trinajstić information content (AvgIpc) is 3.27. The molecule has 0 atom stereocenters. The average molecular weight is 555 g/mol. The molecule has 0 fully saturated rings. The van der Waals surface area contributed by atoms with Crippen molar-refractivity contribution >= 4 is 29.2 Å². The first kappa shape index (κ1) is 27.8. The number of rotatable bonds is 10. The minimum Gasteiger partial charge on any atom is -0.476 e. The van der Waals surface area contributed by atoms with Gasteiger partial charge in [-0.2, -0.15) is 0 Å². The van der Waals surface area contributed by atoms with Crippen molar-refractivity contribution in [3.05, 3.63) is 93.8 Å². The van der Waals surface area contributed by atoms with E-state index in [1.807, 2.05) is 45.4 Å². The van der Waals surface area contributed by atoms with Crippen LogP contribution in [0.5, 0.6) is 0 Å². The topological polar surface area (TPSA) is 61.6 Å². The van der Waals surface area contributed by atoms with Gasteiger partial charge < -0.3 is 14.9 Å². The zero-order valence-corrected chi connectivity index (χ0v) is 23.0. The number of nitrogens with zero attached hydrogens (tertiary/aromatic N) is 4. The molecule has 198 valence electrons. The lowest BCUT2D eigenvalue weighted by Crippen LogP contribution is -2.23. The molecule has 0 aliphatic heterocycles. The van der Waals surface area contributed by atoms with Crippen LogP contribution in [0.1, 0.15) is 22.5 Å². The number of hydrogen-bond acceptors (Lipinski definition) is 4. The Hall–Kier alpha value is -3.23. The van der Waals surface area contributed by atoms with Gasteiger partial charge in [0.25, 0.3) is 0 Å². The molecule has 1 heterocycles. The highest BCUT2D eigenvalue weighted by Crippen LogP contribution is 2.38. The zero-order chi connectivity index (χ0) is 27.4. The first-order chi connectivity index (χ1) is 18.2. The van der Waals surface area contributed by atoms with Gasteiger partial charge in [-0.1, -0.05) is 65.7 Å². The van der Waals surface area contributed by atoms with Crippen molar-refractivity contribution in [3.8, 4) is 28.3 Å². The fourth-order valence-corrected chi connectivity index (χ4v) is 4.77. The third kappa shape index (κ3) is 6.08. The lowest BCUT2D eigenvalue weighted by molar-refractivity contribution is 0.0692. The molecular weight excluding hydrogens is 526 g/mol. The Morgan fingerprint density at radius 2 is 1.74 bits per heavy atom. The van der Waals surface area contributed by atoms with Gasteiger partial charge in [0.2, 0.25) is 0 Å². The number of benzene rings is 3. The van der Waals surface area contributed by atoms with Crippen LogP contribution in [0.4, 0.5) is 4.39 Å². The van der Waals surface area contributed by atoms with Crippen LogP contribution in [0, 0.1) is 5.82 Å². The van der Waals surface area contributed by atoms with Gasteiger partial charge in [-0.05, 0) is 70.5 Å². The quantitative estimate of drug-likeness (QED) is 0.235. The normalized spacial score (nSPS) is 11.5. The lowest BCUT2D eigenvalue weighted by atomic mass is 10.0. The molecule has 4 rings (SSSR count). The van der Waals surface area contributed by atoms with Gasteiger partial charge in [-0.3, -0.25) is 4.57 Å². The summed E-state index contributed by atoms with van der Waals surface area (Å²) in [6.45, 7) is 2.31. The van der Waals surface area contributed by atoms with E-state index in [4.69, 9.17) is 23.2 Å². The summed E-state index contributed by atoms with van der Waals surface area (Å²) in [4.78, 5) is 21.4. The van der Waals surface area contributed by atoms with Crippen LogP contribution in [0.25, 0.3) is 28.3 Å². The molecule has 3 aromatic carbocycles. The van der Waals surface area contributed by atoms with E-state index in [2.05, 4.69) is 14.8 Å². The Morgan fingerprint density at radius 3 is 2.42 bits per heavy atom. The summed E-state index contributed by atoms with van der Waals surface area (Å²) in [6.07, 6.45) is 0.969. The maximum absolute atomic E-state index is 15.5. The third-order valence-electron chi connectivity index (χ3n) is 6.20. The van der Waals surface area contributed by atoms with Crippen molar-refractivity contribution in [1.82, 2.24) is 19.4 Å². The minimum absolute atomic E-state index is 0.0787. The molecule has 0 aliphatic rings. The van der Waals surface area contributed by atoms with E-state index in [-0.39, 0.29) is 27.9 Å². The molecule has 6 nitrogen and oxygen atoms in total. The van der Waals surface area contributed by atoms with Gasteiger partial charge in [-0.25, -0.2) is 14.2 Å². The summed E-state index contributed by atoms with van der Waals surface area (Å²) < 4.78 is 17.0. The van der Waals surface area contributed by atoms with Gasteiger partial charge in [0.05, 0.1) is 16.4 Å². The Morgan fingerprint density at radius 1 is 1.00 bits per heavy atom. The van der Waals surface area contributed by atoms with Crippen LogP contribution in [-0.2, 0) is 6.54 Å². The molecule has 0 unspecified atom stereocenters. The SMILES string of the molecule is CN(C)CCCN(C)Cc1ccc(Cl)cc1-c1c(C(=O)O)nc(-c2ccccc2)n1-c1cccc(Cl)c1F. The number of aromatic carboxylic acids is 1. The minimum atomic E-state index is -1.23. The van der Waals surface area contributed by atoms with Crippen LogP contribution in [0.3, 0.4) is 0 Å². The van der Waals surface area contributed by atoms with Gasteiger partial charge in [0.1, 0.15) is 5.82 Å². The molecule has 9 heteroatoms. The molecule has 0 spiro atoms. The number of aromatic nitrogens is 2. The fourth-order valence-electron chi connectivity index (χ4n) is 4.43. The predicted molar refractivity (Wildman–Crippen MR) is 151 cm³/mol. The smallest absolute Gasteiger partial charge is 0.356 e. The van der Waals surface area contributed by atoms with Crippen molar-refractivity contribution in [2.75, 3.05) is 34.2 Å². The second kappa shape index (κ2) is 12.1. The summed E-state index contributed by atoms with van der Waals surface area (Å²) >= 11 is 12.6. The van der Waals surface area contributed by atoms with Crippen molar-refractivity contribution in [2.24, 2.45) is 0 Å². The summed E-state index contributed by atoms with van der Waals surface area (Å²) in [6, 6.07) is 19.1. The Balaban J connectivity index is 1.96. The molecular formula is C29H29Cl2FN4O2. The second-order valence-corrected chi connectivity index (χ2v) is 10.3. The first-order valence-electron chi connectivity index (χ1n) is 12.1. The van der Waals surface area contributed by atoms with Gasteiger partial charge in [-0.15, -0.1) is 0 Å². The standard InChI is InChI=1S/C29H29Cl2FN4O2/c1-34(2)15-8-16-35(3)18-20-13-14-21(30)17-22(20)27-26(29(37)38)33-28(19-9-5-4-6-10-19)36(27)24-12-7-11-23(31)25(24)32/h4-7,9-14,17H,8,15-16,18H2,1-3H3,(H,37,38). The summed E-state index contributed by atoms with van der Waals surface area (Å²) in [7, 11) is 6.08. The maximum Gasteiger partial charge on any atom is 0.356 e. The highest BCUT2D eigenvalue weighted by atomic mass is 35.5. The van der Waals surface area contributed by atoms with E-state index in [1.54, 1.807) is 36.4 Å². The van der Waals surface area contributed by atoms with Crippen molar-refractivity contribution in [2.45, 2.75) is 13.0 Å². The molecule has 0 saturated carbocycles. The van der Waals surface area contributed by atoms with Crippen molar-refractivity contribution < 1.29 is 14.3 Å². The van der Waals surface area contributed by atoms with Crippen LogP contribution < -0.4 is 0 Å². The molecule has 38 heavy (non-hydrogen) atoms. The monoisotopic (exact) mass is 554 g/mol. The molecule has 0 aliphatic carbocycles. The Bertz CT molecular complexity index is 1440. The zero-order valence-electron chi connectivity index (χ0n) is 21.5. The highest BCUT2D eigenvalue weighted by molar-refractivity contribution is 6.31. The molecule has 0 radical (unpaired) electrons. The molecule has 0 amide bonds. The summed E-state index contributed by atoms with van der Waals surface area (Å²) in [5, 5.41) is 10.6. The number of imidazole rings is 1. The number of carboxylic acid groups (broad SMARTS) is 1. The van der Waals surface area contributed by atoms with Crippen molar-refractivity contribution in [1.29, 1.82) is 0 Å². The Labute approximate surface area is 231 Å². The van der Waals surface area contributed by atoms with Crippen LogP contribution in [0.2, 0.25) is 10.0 Å². The maximum atomic E-state index is 15.5. The van der Waals surface area contributed by atoms with E-state index in [9.17, 15) is 9.90 Å². The van der Waals surface area contributed by atoms with Gasteiger partial charge >= 0.3 is 5.97 Å². The van der Waals surface area contributed by atoms with Crippen molar-refractivity contribution in [3.63, 3.8) is 0 Å². The van der Waals surface area contributed by atoms with E-state index < -0.39 is 11.8 Å². The largest absolute Gasteiger partial charge is 0.476 e. The van der Waals surface area contributed by atoms with E-state index in [0.717, 1.165) is 25.1 Å². The number of halogens is 3. The highest BCUT2D eigenvalue weighted by Gasteiger charge is 2.28. The van der Waals surface area contributed by atoms with E-state index >= 15 is 4.39 Å². The van der Waals surface area contributed by atoms with Crippen LogP contribution >= 0.6 is 23.2 Å².